The van der Waals surface area contributed by atoms with Crippen LogP contribution in [0.3, 0.4) is 0 Å². The summed E-state index contributed by atoms with van der Waals surface area (Å²) < 4.78 is 0. The Hall–Kier alpha value is -2.70. The monoisotopic (exact) mass is 354 g/mol. The van der Waals surface area contributed by atoms with E-state index in [1.54, 1.807) is 47.9 Å². The molecule has 0 atom stereocenters. The SMILES string of the molecule is O=C(Nc1cnc2[nH]c(-c3ccsc3)nc2c1)c1ccccc1Cl. The van der Waals surface area contributed by atoms with Crippen LogP contribution in [0.5, 0.6) is 0 Å². The number of carbonyl (C=O) groups excluding carboxylic acids is 1. The van der Waals surface area contributed by atoms with Crippen molar-refractivity contribution in [1.29, 1.82) is 0 Å². The second kappa shape index (κ2) is 6.07. The van der Waals surface area contributed by atoms with Crippen molar-refractivity contribution in [3.05, 3.63) is 63.9 Å². The number of rotatable bonds is 3. The Morgan fingerprint density at radius 1 is 1.25 bits per heavy atom. The minimum Gasteiger partial charge on any atom is -0.323 e. The minimum atomic E-state index is -0.282. The molecule has 5 nitrogen and oxygen atoms in total. The number of imidazole rings is 1. The van der Waals surface area contributed by atoms with E-state index < -0.39 is 0 Å². The van der Waals surface area contributed by atoms with Gasteiger partial charge in [-0.2, -0.15) is 11.3 Å². The lowest BCUT2D eigenvalue weighted by atomic mass is 10.2. The number of aromatic amines is 1. The predicted molar refractivity (Wildman–Crippen MR) is 96.6 cm³/mol. The van der Waals surface area contributed by atoms with Crippen molar-refractivity contribution < 1.29 is 4.79 Å². The third-order valence-corrected chi connectivity index (χ3v) is 4.52. The Labute approximate surface area is 146 Å². The first kappa shape index (κ1) is 14.9. The first-order valence-corrected chi connectivity index (χ1v) is 8.47. The number of pyridine rings is 1. The van der Waals surface area contributed by atoms with E-state index in [-0.39, 0.29) is 5.91 Å². The van der Waals surface area contributed by atoms with Gasteiger partial charge in [-0.3, -0.25) is 4.79 Å². The van der Waals surface area contributed by atoms with Crippen molar-refractivity contribution in [2.24, 2.45) is 0 Å². The van der Waals surface area contributed by atoms with E-state index in [1.165, 1.54) is 0 Å². The highest BCUT2D eigenvalue weighted by atomic mass is 35.5. The Morgan fingerprint density at radius 2 is 2.12 bits per heavy atom. The number of H-pyrrole nitrogens is 1. The van der Waals surface area contributed by atoms with Crippen LogP contribution in [0.1, 0.15) is 10.4 Å². The number of nitrogens with zero attached hydrogens (tertiary/aromatic N) is 2. The van der Waals surface area contributed by atoms with Crippen molar-refractivity contribution in [2.75, 3.05) is 5.32 Å². The molecule has 1 aromatic carbocycles. The molecule has 0 saturated carbocycles. The van der Waals surface area contributed by atoms with Crippen molar-refractivity contribution >= 4 is 45.7 Å². The van der Waals surface area contributed by atoms with Gasteiger partial charge in [-0.25, -0.2) is 9.97 Å². The van der Waals surface area contributed by atoms with Gasteiger partial charge < -0.3 is 10.3 Å². The Balaban J connectivity index is 1.63. The lowest BCUT2D eigenvalue weighted by Gasteiger charge is -2.06. The van der Waals surface area contributed by atoms with Gasteiger partial charge in [0.15, 0.2) is 5.65 Å². The molecule has 0 spiro atoms. The summed E-state index contributed by atoms with van der Waals surface area (Å²) in [6, 6.07) is 10.7. The van der Waals surface area contributed by atoms with E-state index in [0.717, 1.165) is 11.4 Å². The standard InChI is InChI=1S/C17H11ClN4OS/c18-13-4-2-1-3-12(13)17(23)20-11-7-14-16(19-8-11)22-15(21-14)10-5-6-24-9-10/h1-9H,(H,20,23)(H,19,21,22). The largest absolute Gasteiger partial charge is 0.323 e. The van der Waals surface area contributed by atoms with Gasteiger partial charge in [0.2, 0.25) is 0 Å². The Bertz CT molecular complexity index is 1030. The zero-order valence-electron chi connectivity index (χ0n) is 12.3. The van der Waals surface area contributed by atoms with E-state index >= 15 is 0 Å². The fraction of sp³-hybridized carbons (Fsp3) is 0. The normalized spacial score (nSPS) is 10.9. The third kappa shape index (κ3) is 2.77. The molecule has 24 heavy (non-hydrogen) atoms. The second-order valence-corrected chi connectivity index (χ2v) is 6.31. The van der Waals surface area contributed by atoms with Crippen LogP contribution in [0.4, 0.5) is 5.69 Å². The molecule has 0 radical (unpaired) electrons. The second-order valence-electron chi connectivity index (χ2n) is 5.12. The van der Waals surface area contributed by atoms with Crippen LogP contribution in [-0.2, 0) is 0 Å². The molecule has 7 heteroatoms. The van der Waals surface area contributed by atoms with E-state index in [0.29, 0.717) is 27.4 Å². The van der Waals surface area contributed by atoms with Crippen molar-refractivity contribution in [3.8, 4) is 11.4 Å². The Kier molecular flexibility index (Phi) is 3.76. The molecule has 3 heterocycles. The summed E-state index contributed by atoms with van der Waals surface area (Å²) in [4.78, 5) is 24.3. The molecule has 0 aliphatic rings. The molecule has 0 aliphatic carbocycles. The summed E-state index contributed by atoms with van der Waals surface area (Å²) in [5.74, 6) is 0.476. The first-order valence-electron chi connectivity index (χ1n) is 7.15. The van der Waals surface area contributed by atoms with E-state index in [1.807, 2.05) is 16.8 Å². The van der Waals surface area contributed by atoms with Crippen LogP contribution in [-0.4, -0.2) is 20.9 Å². The van der Waals surface area contributed by atoms with Crippen LogP contribution in [0.2, 0.25) is 5.02 Å². The van der Waals surface area contributed by atoms with Gasteiger partial charge in [0.1, 0.15) is 11.3 Å². The summed E-state index contributed by atoms with van der Waals surface area (Å²) in [6.07, 6.45) is 1.59. The number of fused-ring (bicyclic) bond motifs is 1. The van der Waals surface area contributed by atoms with Gasteiger partial charge in [-0.05, 0) is 29.6 Å². The molecule has 0 saturated heterocycles. The molecule has 1 amide bonds. The third-order valence-electron chi connectivity index (χ3n) is 3.51. The predicted octanol–water partition coefficient (Wildman–Crippen LogP) is 4.59. The molecule has 2 N–H and O–H groups in total. The fourth-order valence-electron chi connectivity index (χ4n) is 2.34. The molecule has 3 aromatic heterocycles. The summed E-state index contributed by atoms with van der Waals surface area (Å²) in [5, 5.41) is 7.21. The maximum atomic E-state index is 12.3. The Morgan fingerprint density at radius 3 is 2.92 bits per heavy atom. The number of thiophene rings is 1. The highest BCUT2D eigenvalue weighted by Gasteiger charge is 2.12. The van der Waals surface area contributed by atoms with Crippen LogP contribution < -0.4 is 5.32 Å². The van der Waals surface area contributed by atoms with Gasteiger partial charge in [-0.1, -0.05) is 23.7 Å². The number of carbonyl (C=O) groups is 1. The molecule has 0 aliphatic heterocycles. The summed E-state index contributed by atoms with van der Waals surface area (Å²) in [7, 11) is 0. The van der Waals surface area contributed by atoms with Crippen LogP contribution in [0, 0.1) is 0 Å². The lowest BCUT2D eigenvalue weighted by molar-refractivity contribution is 0.102. The summed E-state index contributed by atoms with van der Waals surface area (Å²) in [6.45, 7) is 0. The fourth-order valence-corrected chi connectivity index (χ4v) is 3.21. The number of benzene rings is 1. The molecular weight excluding hydrogens is 344 g/mol. The number of amides is 1. The van der Waals surface area contributed by atoms with E-state index in [4.69, 9.17) is 11.6 Å². The quantitative estimate of drug-likeness (QED) is 0.565. The number of anilines is 1. The van der Waals surface area contributed by atoms with Crippen LogP contribution in [0.15, 0.2) is 53.4 Å². The van der Waals surface area contributed by atoms with Crippen LogP contribution >= 0.6 is 22.9 Å². The first-order chi connectivity index (χ1) is 11.7. The molecular formula is C17H11ClN4OS. The molecule has 0 bridgehead atoms. The molecule has 118 valence electrons. The number of halogens is 1. The van der Waals surface area contributed by atoms with Gasteiger partial charge in [-0.15, -0.1) is 0 Å². The van der Waals surface area contributed by atoms with Gasteiger partial charge in [0.25, 0.3) is 5.91 Å². The van der Waals surface area contributed by atoms with E-state index in [9.17, 15) is 4.79 Å². The molecule has 4 rings (SSSR count). The van der Waals surface area contributed by atoms with E-state index in [2.05, 4.69) is 20.3 Å². The number of nitrogens with one attached hydrogen (secondary N) is 2. The molecule has 0 unspecified atom stereocenters. The molecule has 4 aromatic rings. The van der Waals surface area contributed by atoms with Crippen molar-refractivity contribution in [2.45, 2.75) is 0 Å². The van der Waals surface area contributed by atoms with Crippen molar-refractivity contribution in [3.63, 3.8) is 0 Å². The maximum Gasteiger partial charge on any atom is 0.257 e. The molecule has 0 fully saturated rings. The lowest BCUT2D eigenvalue weighted by Crippen LogP contribution is -2.12. The van der Waals surface area contributed by atoms with Crippen LogP contribution in [0.25, 0.3) is 22.6 Å². The zero-order valence-corrected chi connectivity index (χ0v) is 13.9. The highest BCUT2D eigenvalue weighted by molar-refractivity contribution is 7.08. The number of hydrogen-bond donors (Lipinski definition) is 2. The summed E-state index contributed by atoms with van der Waals surface area (Å²) in [5.41, 5.74) is 3.36. The average molecular weight is 355 g/mol. The topological polar surface area (TPSA) is 70.7 Å². The average Bonchev–Trinajstić information content (AvgIpc) is 3.24. The number of aromatic nitrogens is 3. The minimum absolute atomic E-state index is 0.282. The van der Waals surface area contributed by atoms with Crippen molar-refractivity contribution in [1.82, 2.24) is 15.0 Å². The smallest absolute Gasteiger partial charge is 0.257 e. The maximum absolute atomic E-state index is 12.3. The van der Waals surface area contributed by atoms with Gasteiger partial charge in [0, 0.05) is 10.9 Å². The highest BCUT2D eigenvalue weighted by Crippen LogP contribution is 2.23. The van der Waals surface area contributed by atoms with Gasteiger partial charge in [0.05, 0.1) is 22.5 Å². The summed E-state index contributed by atoms with van der Waals surface area (Å²) >= 11 is 7.65. The van der Waals surface area contributed by atoms with Gasteiger partial charge >= 0.3 is 0 Å². The number of hydrogen-bond acceptors (Lipinski definition) is 4. The zero-order chi connectivity index (χ0) is 16.5.